The number of methoxy groups -OCH3 is 1. The number of hydrogen-bond donors (Lipinski definition) is 1. The van der Waals surface area contributed by atoms with Gasteiger partial charge in [-0.2, -0.15) is 0 Å². The highest BCUT2D eigenvalue weighted by atomic mass is 32.1. The second kappa shape index (κ2) is 9.23. The van der Waals surface area contributed by atoms with E-state index in [1.807, 2.05) is 49.4 Å². The van der Waals surface area contributed by atoms with Crippen molar-refractivity contribution in [2.45, 2.75) is 13.0 Å². The number of benzene rings is 3. The molecule has 3 aromatic carbocycles. The minimum Gasteiger partial charge on any atom is -0.507 e. The molecule has 1 N–H and O–H groups in total. The van der Waals surface area contributed by atoms with Crippen LogP contribution in [0, 0.1) is 0 Å². The molecule has 1 saturated heterocycles. The molecule has 1 atom stereocenters. The van der Waals surface area contributed by atoms with Crippen molar-refractivity contribution in [2.75, 3.05) is 18.6 Å². The predicted molar refractivity (Wildman–Crippen MR) is 135 cm³/mol. The third-order valence-corrected chi connectivity index (χ3v) is 6.81. The fourth-order valence-electron chi connectivity index (χ4n) is 4.13. The van der Waals surface area contributed by atoms with Gasteiger partial charge < -0.3 is 14.6 Å². The van der Waals surface area contributed by atoms with Gasteiger partial charge in [0.25, 0.3) is 5.78 Å². The molecule has 1 aliphatic rings. The molecule has 1 aromatic heterocycles. The quantitative estimate of drug-likeness (QED) is 0.225. The van der Waals surface area contributed by atoms with Crippen LogP contribution in [0.3, 0.4) is 0 Å². The number of aliphatic hydroxyl groups is 1. The summed E-state index contributed by atoms with van der Waals surface area (Å²) in [6.45, 7) is 2.39. The maximum Gasteiger partial charge on any atom is 0.301 e. The number of thiazole rings is 1. The minimum atomic E-state index is -0.828. The summed E-state index contributed by atoms with van der Waals surface area (Å²) in [5.41, 5.74) is 1.81. The molecule has 1 fully saturated rings. The van der Waals surface area contributed by atoms with Crippen LogP contribution in [0.5, 0.6) is 11.5 Å². The summed E-state index contributed by atoms with van der Waals surface area (Å²) in [5, 5.41) is 11.6. The Bertz CT molecular complexity index is 1440. The summed E-state index contributed by atoms with van der Waals surface area (Å²) < 4.78 is 11.6. The Hall–Kier alpha value is -4.17. The smallest absolute Gasteiger partial charge is 0.301 e. The van der Waals surface area contributed by atoms with Gasteiger partial charge in [0.2, 0.25) is 0 Å². The number of carbonyl (C=O) groups excluding carboxylic acids is 2. The van der Waals surface area contributed by atoms with Crippen LogP contribution in [0.15, 0.2) is 78.4 Å². The van der Waals surface area contributed by atoms with Crippen molar-refractivity contribution in [3.05, 3.63) is 89.5 Å². The van der Waals surface area contributed by atoms with E-state index in [2.05, 4.69) is 4.98 Å². The van der Waals surface area contributed by atoms with Crippen LogP contribution in [0.1, 0.15) is 24.1 Å². The second-order valence-corrected chi connectivity index (χ2v) is 8.88. The topological polar surface area (TPSA) is 89.0 Å². The molecular weight excluding hydrogens is 464 g/mol. The predicted octanol–water partition coefficient (Wildman–Crippen LogP) is 5.33. The van der Waals surface area contributed by atoms with Gasteiger partial charge in [0.15, 0.2) is 5.13 Å². The van der Waals surface area contributed by atoms with Gasteiger partial charge in [-0.1, -0.05) is 41.7 Å². The first-order valence-electron chi connectivity index (χ1n) is 11.1. The van der Waals surface area contributed by atoms with E-state index in [4.69, 9.17) is 9.47 Å². The zero-order valence-electron chi connectivity index (χ0n) is 19.1. The van der Waals surface area contributed by atoms with Crippen LogP contribution in [0.4, 0.5) is 5.13 Å². The van der Waals surface area contributed by atoms with Gasteiger partial charge in [-0.15, -0.1) is 0 Å². The average Bonchev–Trinajstić information content (AvgIpc) is 3.42. The molecule has 0 spiro atoms. The molecular formula is C27H22N2O5S. The number of ketones is 1. The van der Waals surface area contributed by atoms with E-state index in [1.165, 1.54) is 16.2 Å². The molecule has 4 aromatic rings. The van der Waals surface area contributed by atoms with Crippen LogP contribution in [-0.2, 0) is 9.59 Å². The summed E-state index contributed by atoms with van der Waals surface area (Å²) in [6, 6.07) is 20.5. The van der Waals surface area contributed by atoms with Crippen LogP contribution < -0.4 is 14.4 Å². The number of aromatic nitrogens is 1. The Labute approximate surface area is 205 Å². The molecule has 1 aliphatic heterocycles. The second-order valence-electron chi connectivity index (χ2n) is 7.87. The summed E-state index contributed by atoms with van der Waals surface area (Å²) in [6.07, 6.45) is 0. The first-order chi connectivity index (χ1) is 17.0. The fraction of sp³-hybridized carbons (Fsp3) is 0.148. The Morgan fingerprint density at radius 2 is 1.74 bits per heavy atom. The molecule has 5 rings (SSSR count). The number of amides is 1. The van der Waals surface area contributed by atoms with Gasteiger partial charge in [-0.05, 0) is 55.0 Å². The number of carbonyl (C=O) groups is 2. The van der Waals surface area contributed by atoms with Gasteiger partial charge in [-0.25, -0.2) is 4.98 Å². The summed E-state index contributed by atoms with van der Waals surface area (Å²) in [5.74, 6) is -0.427. The number of nitrogens with zero attached hydrogens (tertiary/aromatic N) is 2. The Morgan fingerprint density at radius 3 is 2.43 bits per heavy atom. The van der Waals surface area contributed by atoms with E-state index < -0.39 is 17.7 Å². The number of Topliss-reactive ketones (excluding diaryl/α,β-unsaturated/α-hetero) is 1. The van der Waals surface area contributed by atoms with E-state index in [1.54, 1.807) is 37.4 Å². The molecule has 35 heavy (non-hydrogen) atoms. The van der Waals surface area contributed by atoms with Gasteiger partial charge in [0, 0.05) is 5.56 Å². The Kier molecular flexibility index (Phi) is 5.96. The highest BCUT2D eigenvalue weighted by Gasteiger charge is 2.48. The molecule has 0 bridgehead atoms. The first kappa shape index (κ1) is 22.6. The highest BCUT2D eigenvalue weighted by molar-refractivity contribution is 7.22. The third-order valence-electron chi connectivity index (χ3n) is 5.79. The number of fused-ring (bicyclic) bond motifs is 1. The van der Waals surface area contributed by atoms with E-state index in [0.29, 0.717) is 39.9 Å². The van der Waals surface area contributed by atoms with E-state index in [0.717, 1.165) is 4.70 Å². The first-order valence-corrected chi connectivity index (χ1v) is 11.9. The molecule has 1 amide bonds. The van der Waals surface area contributed by atoms with Gasteiger partial charge >= 0.3 is 5.91 Å². The summed E-state index contributed by atoms with van der Waals surface area (Å²) in [4.78, 5) is 32.6. The zero-order chi connectivity index (χ0) is 24.5. The van der Waals surface area contributed by atoms with Crippen molar-refractivity contribution in [1.82, 2.24) is 4.98 Å². The molecule has 0 saturated carbocycles. The van der Waals surface area contributed by atoms with Gasteiger partial charge in [-0.3, -0.25) is 14.5 Å². The SMILES string of the molecule is CCOc1ccc(/C(O)=C2\C(=O)C(=O)N(c3nc4ccc(OC)cc4s3)C2c2ccccc2)cc1. The molecule has 0 radical (unpaired) electrons. The third kappa shape index (κ3) is 4.02. The molecule has 2 heterocycles. The number of rotatable bonds is 6. The number of anilines is 1. The highest BCUT2D eigenvalue weighted by Crippen LogP contribution is 2.44. The van der Waals surface area contributed by atoms with Crippen LogP contribution in [-0.4, -0.2) is 35.5 Å². The van der Waals surface area contributed by atoms with Gasteiger partial charge in [0.05, 0.1) is 35.5 Å². The fourth-order valence-corrected chi connectivity index (χ4v) is 5.16. The van der Waals surface area contributed by atoms with Crippen LogP contribution in [0.25, 0.3) is 16.0 Å². The lowest BCUT2D eigenvalue weighted by Gasteiger charge is -2.22. The average molecular weight is 487 g/mol. The van der Waals surface area contributed by atoms with E-state index in [-0.39, 0.29) is 11.3 Å². The molecule has 7 nitrogen and oxygen atoms in total. The lowest BCUT2D eigenvalue weighted by molar-refractivity contribution is -0.132. The Balaban J connectivity index is 1.66. The number of hydrogen-bond acceptors (Lipinski definition) is 7. The minimum absolute atomic E-state index is 0.0159. The zero-order valence-corrected chi connectivity index (χ0v) is 19.9. The van der Waals surface area contributed by atoms with E-state index in [9.17, 15) is 14.7 Å². The summed E-state index contributed by atoms with van der Waals surface area (Å²) >= 11 is 1.29. The molecule has 1 unspecified atom stereocenters. The number of ether oxygens (including phenoxy) is 2. The van der Waals surface area contributed by atoms with Crippen molar-refractivity contribution in [1.29, 1.82) is 0 Å². The van der Waals surface area contributed by atoms with Crippen molar-refractivity contribution in [2.24, 2.45) is 0 Å². The monoisotopic (exact) mass is 486 g/mol. The molecule has 8 heteroatoms. The van der Waals surface area contributed by atoms with Crippen molar-refractivity contribution in [3.63, 3.8) is 0 Å². The van der Waals surface area contributed by atoms with Crippen LogP contribution in [0.2, 0.25) is 0 Å². The van der Waals surface area contributed by atoms with Crippen molar-refractivity contribution in [3.8, 4) is 11.5 Å². The van der Waals surface area contributed by atoms with Gasteiger partial charge in [0.1, 0.15) is 17.3 Å². The lowest BCUT2D eigenvalue weighted by Crippen LogP contribution is -2.29. The van der Waals surface area contributed by atoms with Crippen molar-refractivity contribution < 1.29 is 24.2 Å². The standard InChI is InChI=1S/C27H22N2O5S/c1-3-34-18-11-9-17(10-12-18)24(30)22-23(16-7-5-4-6-8-16)29(26(32)25(22)31)27-28-20-14-13-19(33-2)15-21(20)35-27/h4-15,23,30H,3H2,1-2H3/b24-22+. The maximum absolute atomic E-state index is 13.3. The van der Waals surface area contributed by atoms with Crippen molar-refractivity contribution >= 4 is 44.1 Å². The van der Waals surface area contributed by atoms with E-state index >= 15 is 0 Å². The molecule has 0 aliphatic carbocycles. The number of aliphatic hydroxyl groups excluding tert-OH is 1. The maximum atomic E-state index is 13.3. The normalized spacial score (nSPS) is 17.2. The Morgan fingerprint density at radius 1 is 1.03 bits per heavy atom. The molecule has 176 valence electrons. The lowest BCUT2D eigenvalue weighted by atomic mass is 9.95. The largest absolute Gasteiger partial charge is 0.507 e. The van der Waals surface area contributed by atoms with Crippen LogP contribution >= 0.6 is 11.3 Å². The summed E-state index contributed by atoms with van der Waals surface area (Å²) in [7, 11) is 1.58.